The minimum absolute atomic E-state index is 0.0759. The van der Waals surface area contributed by atoms with E-state index in [1.807, 2.05) is 60.7 Å². The zero-order valence-corrected chi connectivity index (χ0v) is 20.9. The molecule has 2 N–H and O–H groups in total. The van der Waals surface area contributed by atoms with Gasteiger partial charge in [-0.1, -0.05) is 60.7 Å². The number of carbonyl (C=O) groups is 3. The maximum atomic E-state index is 13.4. The number of alkyl carbamates (subject to hydrolysis) is 1. The second-order valence-electron chi connectivity index (χ2n) is 10.1. The fraction of sp³-hybridized carbons (Fsp3) is 0.444. The Hall–Kier alpha value is -3.35. The molecule has 0 aromatic heterocycles. The van der Waals surface area contributed by atoms with E-state index >= 15 is 0 Å². The third-order valence-electron chi connectivity index (χ3n) is 5.18. The lowest BCUT2D eigenvalue weighted by Gasteiger charge is -2.34. The first-order valence-electron chi connectivity index (χ1n) is 11.4. The van der Waals surface area contributed by atoms with Crippen LogP contribution in [0.5, 0.6) is 0 Å². The van der Waals surface area contributed by atoms with Gasteiger partial charge < -0.3 is 20.1 Å². The Balaban J connectivity index is 2.15. The van der Waals surface area contributed by atoms with Crippen molar-refractivity contribution in [2.75, 3.05) is 0 Å². The molecule has 0 aliphatic carbocycles. The highest BCUT2D eigenvalue weighted by Crippen LogP contribution is 2.19. The molecule has 0 unspecified atom stereocenters. The quantitative estimate of drug-likeness (QED) is 0.527. The molecule has 7 nitrogen and oxygen atoms in total. The largest absolute Gasteiger partial charge is 0.458 e. The SMILES string of the molecule is CC(C)(C)OC(=O)C(C)(C)NC(=O)[C@@](C)(CCc1ccccc1)NC(=O)OCc1ccccc1. The van der Waals surface area contributed by atoms with E-state index < -0.39 is 34.6 Å². The summed E-state index contributed by atoms with van der Waals surface area (Å²) in [4.78, 5) is 38.7. The molecule has 0 saturated carbocycles. The predicted molar refractivity (Wildman–Crippen MR) is 131 cm³/mol. The van der Waals surface area contributed by atoms with Crippen molar-refractivity contribution in [1.29, 1.82) is 0 Å². The van der Waals surface area contributed by atoms with Crippen molar-refractivity contribution >= 4 is 18.0 Å². The summed E-state index contributed by atoms with van der Waals surface area (Å²) in [5, 5.41) is 5.47. The summed E-state index contributed by atoms with van der Waals surface area (Å²) in [5.41, 5.74) is -1.47. The molecule has 7 heteroatoms. The van der Waals surface area contributed by atoms with Crippen LogP contribution in [0.25, 0.3) is 0 Å². The first-order valence-corrected chi connectivity index (χ1v) is 11.4. The number of benzene rings is 2. The minimum Gasteiger partial charge on any atom is -0.458 e. The van der Waals surface area contributed by atoms with Crippen molar-refractivity contribution in [3.8, 4) is 0 Å². The fourth-order valence-electron chi connectivity index (χ4n) is 3.13. The zero-order chi connectivity index (χ0) is 25.4. The van der Waals surface area contributed by atoms with Crippen molar-refractivity contribution in [3.63, 3.8) is 0 Å². The van der Waals surface area contributed by atoms with Gasteiger partial charge in [-0.3, -0.25) is 4.79 Å². The highest BCUT2D eigenvalue weighted by molar-refractivity contribution is 5.94. The van der Waals surface area contributed by atoms with Crippen LogP contribution in [0.4, 0.5) is 4.79 Å². The zero-order valence-electron chi connectivity index (χ0n) is 20.9. The van der Waals surface area contributed by atoms with Gasteiger partial charge in [0, 0.05) is 0 Å². The van der Waals surface area contributed by atoms with Gasteiger partial charge in [0.05, 0.1) is 0 Å². The molecule has 184 valence electrons. The Morgan fingerprint density at radius 1 is 0.765 bits per heavy atom. The van der Waals surface area contributed by atoms with Crippen molar-refractivity contribution in [2.24, 2.45) is 0 Å². The molecule has 0 aliphatic rings. The van der Waals surface area contributed by atoms with Crippen LogP contribution in [-0.2, 0) is 32.1 Å². The first kappa shape index (κ1) is 26.9. The van der Waals surface area contributed by atoms with E-state index in [0.29, 0.717) is 12.8 Å². The van der Waals surface area contributed by atoms with Crippen LogP contribution in [0.15, 0.2) is 60.7 Å². The average molecular weight is 469 g/mol. The minimum atomic E-state index is -1.33. The Morgan fingerprint density at radius 3 is 1.82 bits per heavy atom. The highest BCUT2D eigenvalue weighted by atomic mass is 16.6. The van der Waals surface area contributed by atoms with E-state index in [2.05, 4.69) is 10.6 Å². The number of ether oxygens (including phenoxy) is 2. The summed E-state index contributed by atoms with van der Waals surface area (Å²) in [5.74, 6) is -1.07. The van der Waals surface area contributed by atoms with Gasteiger partial charge in [-0.25, -0.2) is 9.59 Å². The number of hydrogen-bond acceptors (Lipinski definition) is 5. The van der Waals surface area contributed by atoms with Crippen molar-refractivity contribution in [1.82, 2.24) is 10.6 Å². The van der Waals surface area contributed by atoms with Crippen molar-refractivity contribution in [2.45, 2.75) is 77.7 Å². The second-order valence-corrected chi connectivity index (χ2v) is 10.1. The lowest BCUT2D eigenvalue weighted by Crippen LogP contribution is -2.63. The average Bonchev–Trinajstić information content (AvgIpc) is 2.76. The van der Waals surface area contributed by atoms with Crippen LogP contribution < -0.4 is 10.6 Å². The maximum Gasteiger partial charge on any atom is 0.408 e. The standard InChI is InChI=1S/C27H36N2O5/c1-25(2,3)34-23(31)26(4,5)28-22(30)27(6,18-17-20-13-9-7-10-14-20)29-24(32)33-19-21-15-11-8-12-16-21/h7-16H,17-19H2,1-6H3,(H,28,30)(H,29,32)/t27-/m1/s1. The summed E-state index contributed by atoms with van der Waals surface area (Å²) < 4.78 is 10.8. The van der Waals surface area contributed by atoms with Crippen LogP contribution in [0.3, 0.4) is 0 Å². The smallest absolute Gasteiger partial charge is 0.408 e. The monoisotopic (exact) mass is 468 g/mol. The molecule has 2 aromatic carbocycles. The molecule has 0 spiro atoms. The third kappa shape index (κ3) is 8.54. The van der Waals surface area contributed by atoms with E-state index in [-0.39, 0.29) is 6.61 Å². The van der Waals surface area contributed by atoms with E-state index in [1.165, 1.54) is 0 Å². The van der Waals surface area contributed by atoms with Crippen LogP contribution in [-0.4, -0.2) is 34.6 Å². The number of hydrogen-bond donors (Lipinski definition) is 2. The van der Waals surface area contributed by atoms with Gasteiger partial charge in [0.15, 0.2) is 0 Å². The number of nitrogens with one attached hydrogen (secondary N) is 2. The van der Waals surface area contributed by atoms with Crippen LogP contribution in [0.2, 0.25) is 0 Å². The van der Waals surface area contributed by atoms with Crippen LogP contribution in [0, 0.1) is 0 Å². The second kappa shape index (κ2) is 11.2. The summed E-state index contributed by atoms with van der Waals surface area (Å²) in [6.07, 6.45) is 0.120. The number of amides is 2. The molecule has 0 saturated heterocycles. The van der Waals surface area contributed by atoms with E-state index in [4.69, 9.17) is 9.47 Å². The van der Waals surface area contributed by atoms with Gasteiger partial charge in [0.2, 0.25) is 5.91 Å². The van der Waals surface area contributed by atoms with Gasteiger partial charge in [0.25, 0.3) is 0 Å². The van der Waals surface area contributed by atoms with Crippen molar-refractivity contribution in [3.05, 3.63) is 71.8 Å². The van der Waals surface area contributed by atoms with Crippen LogP contribution >= 0.6 is 0 Å². The number of carbonyl (C=O) groups excluding carboxylic acids is 3. The highest BCUT2D eigenvalue weighted by Gasteiger charge is 2.41. The Bertz CT molecular complexity index is 968. The Morgan fingerprint density at radius 2 is 1.29 bits per heavy atom. The topological polar surface area (TPSA) is 93.7 Å². The molecule has 34 heavy (non-hydrogen) atoms. The molecule has 0 radical (unpaired) electrons. The predicted octanol–water partition coefficient (Wildman–Crippen LogP) is 4.54. The summed E-state index contributed by atoms with van der Waals surface area (Å²) in [6, 6.07) is 18.9. The van der Waals surface area contributed by atoms with Gasteiger partial charge in [-0.05, 0) is 65.5 Å². The molecule has 0 fully saturated rings. The maximum absolute atomic E-state index is 13.4. The molecule has 0 bridgehead atoms. The molecular weight excluding hydrogens is 432 g/mol. The molecule has 2 rings (SSSR count). The van der Waals surface area contributed by atoms with Crippen LogP contribution in [0.1, 0.15) is 59.1 Å². The van der Waals surface area contributed by atoms with Crippen molar-refractivity contribution < 1.29 is 23.9 Å². The molecule has 0 aliphatic heterocycles. The van der Waals surface area contributed by atoms with Gasteiger partial charge in [-0.15, -0.1) is 0 Å². The van der Waals surface area contributed by atoms with E-state index in [1.54, 1.807) is 41.5 Å². The van der Waals surface area contributed by atoms with E-state index in [0.717, 1.165) is 11.1 Å². The lowest BCUT2D eigenvalue weighted by atomic mass is 9.90. The normalized spacial score (nSPS) is 13.4. The Kier molecular flexibility index (Phi) is 8.85. The molecular formula is C27H36N2O5. The fourth-order valence-corrected chi connectivity index (χ4v) is 3.13. The number of rotatable bonds is 9. The first-order chi connectivity index (χ1) is 15.8. The summed E-state index contributed by atoms with van der Waals surface area (Å²) in [7, 11) is 0. The summed E-state index contributed by atoms with van der Waals surface area (Å²) >= 11 is 0. The van der Waals surface area contributed by atoms with Gasteiger partial charge in [0.1, 0.15) is 23.3 Å². The molecule has 1 atom stereocenters. The molecule has 2 amide bonds. The molecule has 2 aromatic rings. The number of aryl methyl sites for hydroxylation is 1. The Labute approximate surface area is 202 Å². The van der Waals surface area contributed by atoms with Gasteiger partial charge in [-0.2, -0.15) is 0 Å². The number of esters is 1. The lowest BCUT2D eigenvalue weighted by molar-refractivity contribution is -0.163. The molecule has 0 heterocycles. The van der Waals surface area contributed by atoms with Gasteiger partial charge >= 0.3 is 12.1 Å². The van der Waals surface area contributed by atoms with E-state index in [9.17, 15) is 14.4 Å². The third-order valence-corrected chi connectivity index (χ3v) is 5.18. The summed E-state index contributed by atoms with van der Waals surface area (Å²) in [6.45, 7) is 10.1.